The molecule has 1 rings (SSSR count). The van der Waals surface area contributed by atoms with Crippen LogP contribution in [0.1, 0.15) is 43.6 Å². The number of rotatable bonds is 10. The van der Waals surface area contributed by atoms with Gasteiger partial charge in [0.1, 0.15) is 0 Å². The van der Waals surface area contributed by atoms with E-state index in [9.17, 15) is 14.4 Å². The molecule has 1 aromatic rings. The molecule has 0 unspecified atom stereocenters. The molecule has 0 radical (unpaired) electrons. The molecule has 0 atom stereocenters. The Kier molecular flexibility index (Phi) is 7.96. The van der Waals surface area contributed by atoms with Gasteiger partial charge >= 0.3 is 5.97 Å². The Morgan fingerprint density at radius 2 is 2.05 bits per heavy atom. The lowest BCUT2D eigenvalue weighted by atomic mass is 10.3. The van der Waals surface area contributed by atoms with E-state index in [1.807, 2.05) is 6.92 Å². The number of amides is 1. The third kappa shape index (κ3) is 5.71. The average Bonchev–Trinajstić information content (AvgIpc) is 2.96. The second kappa shape index (κ2) is 9.76. The van der Waals surface area contributed by atoms with Gasteiger partial charge < -0.3 is 14.2 Å². The standard InChI is InChI=1S/C16H24N2O4/c1-3-9-18(12-8-16(21)22-4-2)15(20)7-11-17-10-5-6-14(17)13-19/h5-6,10,13H,3-4,7-9,11-12H2,1-2H3. The molecule has 0 fully saturated rings. The minimum atomic E-state index is -0.287. The van der Waals surface area contributed by atoms with Crippen LogP contribution in [-0.2, 0) is 20.9 Å². The topological polar surface area (TPSA) is 68.6 Å². The number of hydrogen-bond donors (Lipinski definition) is 0. The summed E-state index contributed by atoms with van der Waals surface area (Å²) in [7, 11) is 0. The van der Waals surface area contributed by atoms with Crippen LogP contribution < -0.4 is 0 Å². The molecule has 6 nitrogen and oxygen atoms in total. The molecular weight excluding hydrogens is 284 g/mol. The number of nitrogens with zero attached hydrogens (tertiary/aromatic N) is 2. The van der Waals surface area contributed by atoms with E-state index in [4.69, 9.17) is 4.74 Å². The largest absolute Gasteiger partial charge is 0.466 e. The lowest BCUT2D eigenvalue weighted by Gasteiger charge is -2.22. The van der Waals surface area contributed by atoms with E-state index in [-0.39, 0.29) is 18.3 Å². The lowest BCUT2D eigenvalue weighted by Crippen LogP contribution is -2.34. The zero-order valence-corrected chi connectivity index (χ0v) is 13.3. The predicted octanol–water partition coefficient (Wildman–Crippen LogP) is 1.88. The fraction of sp³-hybridized carbons (Fsp3) is 0.562. The Balaban J connectivity index is 2.50. The van der Waals surface area contributed by atoms with Crippen molar-refractivity contribution in [2.45, 2.75) is 39.7 Å². The van der Waals surface area contributed by atoms with E-state index in [0.29, 0.717) is 38.4 Å². The molecule has 1 aromatic heterocycles. The van der Waals surface area contributed by atoms with Crippen LogP contribution >= 0.6 is 0 Å². The third-order valence-electron chi connectivity index (χ3n) is 3.29. The van der Waals surface area contributed by atoms with Gasteiger partial charge in [0.05, 0.1) is 18.7 Å². The summed E-state index contributed by atoms with van der Waals surface area (Å²) in [6.07, 6.45) is 3.90. The number of hydrogen-bond acceptors (Lipinski definition) is 4. The van der Waals surface area contributed by atoms with Crippen LogP contribution in [0.3, 0.4) is 0 Å². The number of aryl methyl sites for hydroxylation is 1. The molecular formula is C16H24N2O4. The smallest absolute Gasteiger partial charge is 0.307 e. The summed E-state index contributed by atoms with van der Waals surface area (Å²) in [6.45, 7) is 5.54. The first kappa shape index (κ1) is 17.9. The highest BCUT2D eigenvalue weighted by Gasteiger charge is 2.15. The second-order valence-electron chi connectivity index (χ2n) is 4.93. The molecule has 0 N–H and O–H groups in total. The van der Waals surface area contributed by atoms with Crippen LogP contribution in [0.2, 0.25) is 0 Å². The Hall–Kier alpha value is -2.11. The molecule has 122 valence electrons. The molecule has 0 saturated carbocycles. The minimum Gasteiger partial charge on any atom is -0.466 e. The molecule has 0 aliphatic heterocycles. The summed E-state index contributed by atoms with van der Waals surface area (Å²) in [4.78, 5) is 36.2. The van der Waals surface area contributed by atoms with Gasteiger partial charge in [0.15, 0.2) is 6.29 Å². The molecule has 0 aromatic carbocycles. The molecule has 0 aliphatic rings. The highest BCUT2D eigenvalue weighted by atomic mass is 16.5. The van der Waals surface area contributed by atoms with Gasteiger partial charge in [-0.05, 0) is 25.5 Å². The first-order valence-corrected chi connectivity index (χ1v) is 7.66. The predicted molar refractivity (Wildman–Crippen MR) is 82.6 cm³/mol. The zero-order chi connectivity index (χ0) is 16.4. The summed E-state index contributed by atoms with van der Waals surface area (Å²) in [5.74, 6) is -0.304. The third-order valence-corrected chi connectivity index (χ3v) is 3.29. The van der Waals surface area contributed by atoms with Gasteiger partial charge in [0, 0.05) is 32.3 Å². The minimum absolute atomic E-state index is 0.0169. The summed E-state index contributed by atoms with van der Waals surface area (Å²) >= 11 is 0. The quantitative estimate of drug-likeness (QED) is 0.489. The summed E-state index contributed by atoms with van der Waals surface area (Å²) in [5, 5.41) is 0. The van der Waals surface area contributed by atoms with Crippen LogP contribution in [0.4, 0.5) is 0 Å². The molecule has 0 saturated heterocycles. The van der Waals surface area contributed by atoms with E-state index < -0.39 is 0 Å². The van der Waals surface area contributed by atoms with Crippen LogP contribution in [0, 0.1) is 0 Å². The van der Waals surface area contributed by atoms with Crippen molar-refractivity contribution in [3.63, 3.8) is 0 Å². The van der Waals surface area contributed by atoms with E-state index in [0.717, 1.165) is 12.7 Å². The van der Waals surface area contributed by atoms with Gasteiger partial charge in [-0.1, -0.05) is 6.92 Å². The molecule has 1 heterocycles. The zero-order valence-electron chi connectivity index (χ0n) is 13.3. The van der Waals surface area contributed by atoms with Crippen molar-refractivity contribution < 1.29 is 19.1 Å². The normalized spacial score (nSPS) is 10.3. The Morgan fingerprint density at radius 3 is 2.68 bits per heavy atom. The first-order valence-electron chi connectivity index (χ1n) is 7.66. The van der Waals surface area contributed by atoms with Crippen LogP contribution in [-0.4, -0.2) is 47.3 Å². The molecule has 0 aliphatic carbocycles. The number of carbonyl (C=O) groups is 3. The summed E-state index contributed by atoms with van der Waals surface area (Å²) < 4.78 is 6.63. The monoisotopic (exact) mass is 308 g/mol. The van der Waals surface area contributed by atoms with Crippen molar-refractivity contribution in [1.82, 2.24) is 9.47 Å². The SMILES string of the molecule is CCCN(CCC(=O)OCC)C(=O)CCn1cccc1C=O. The maximum atomic E-state index is 12.3. The van der Waals surface area contributed by atoms with Crippen LogP contribution in [0.15, 0.2) is 18.3 Å². The fourth-order valence-corrected chi connectivity index (χ4v) is 2.20. The fourth-order valence-electron chi connectivity index (χ4n) is 2.20. The van der Waals surface area contributed by atoms with E-state index in [1.54, 1.807) is 34.7 Å². The Morgan fingerprint density at radius 1 is 1.27 bits per heavy atom. The Bertz CT molecular complexity index is 496. The molecule has 0 spiro atoms. The molecule has 22 heavy (non-hydrogen) atoms. The maximum absolute atomic E-state index is 12.3. The second-order valence-corrected chi connectivity index (χ2v) is 4.93. The van der Waals surface area contributed by atoms with Gasteiger partial charge in [0.25, 0.3) is 0 Å². The van der Waals surface area contributed by atoms with Crippen molar-refractivity contribution in [2.75, 3.05) is 19.7 Å². The molecule has 1 amide bonds. The van der Waals surface area contributed by atoms with Crippen LogP contribution in [0.25, 0.3) is 0 Å². The van der Waals surface area contributed by atoms with Gasteiger partial charge in [-0.2, -0.15) is 0 Å². The summed E-state index contributed by atoms with van der Waals surface area (Å²) in [6, 6.07) is 3.49. The van der Waals surface area contributed by atoms with Crippen molar-refractivity contribution >= 4 is 18.2 Å². The summed E-state index contributed by atoms with van der Waals surface area (Å²) in [5.41, 5.74) is 0.557. The highest BCUT2D eigenvalue weighted by Crippen LogP contribution is 2.05. The molecule has 6 heteroatoms. The van der Waals surface area contributed by atoms with E-state index in [1.165, 1.54) is 0 Å². The van der Waals surface area contributed by atoms with Gasteiger partial charge in [-0.3, -0.25) is 14.4 Å². The Labute approximate surface area is 131 Å². The van der Waals surface area contributed by atoms with Gasteiger partial charge in [0.2, 0.25) is 5.91 Å². The number of aldehydes is 1. The van der Waals surface area contributed by atoms with Gasteiger partial charge in [-0.25, -0.2) is 0 Å². The highest BCUT2D eigenvalue weighted by molar-refractivity contribution is 5.77. The van der Waals surface area contributed by atoms with E-state index in [2.05, 4.69) is 0 Å². The van der Waals surface area contributed by atoms with Gasteiger partial charge in [-0.15, -0.1) is 0 Å². The average molecular weight is 308 g/mol. The number of aromatic nitrogens is 1. The number of ether oxygens (including phenoxy) is 1. The van der Waals surface area contributed by atoms with Crippen molar-refractivity contribution in [3.05, 3.63) is 24.0 Å². The van der Waals surface area contributed by atoms with Crippen molar-refractivity contribution in [3.8, 4) is 0 Å². The van der Waals surface area contributed by atoms with Crippen molar-refractivity contribution in [2.24, 2.45) is 0 Å². The maximum Gasteiger partial charge on any atom is 0.307 e. The van der Waals surface area contributed by atoms with E-state index >= 15 is 0 Å². The number of esters is 1. The number of carbonyl (C=O) groups excluding carboxylic acids is 3. The van der Waals surface area contributed by atoms with Crippen LogP contribution in [0.5, 0.6) is 0 Å². The molecule has 0 bridgehead atoms. The first-order chi connectivity index (χ1) is 10.6. The van der Waals surface area contributed by atoms with Crippen molar-refractivity contribution in [1.29, 1.82) is 0 Å². The lowest BCUT2D eigenvalue weighted by molar-refractivity contribution is -0.144.